The summed E-state index contributed by atoms with van der Waals surface area (Å²) in [6.07, 6.45) is 4.80. The molecule has 1 aliphatic carbocycles. The molecule has 1 aromatic carbocycles. The van der Waals surface area contributed by atoms with E-state index in [2.05, 4.69) is 38.4 Å². The third kappa shape index (κ3) is 3.35. The van der Waals surface area contributed by atoms with E-state index < -0.39 is 11.5 Å². The van der Waals surface area contributed by atoms with E-state index in [4.69, 9.17) is 0 Å². The Morgan fingerprint density at radius 3 is 3.00 bits per heavy atom. The number of carboxylic acid groups (broad SMARTS) is 1. The Labute approximate surface area is 172 Å². The summed E-state index contributed by atoms with van der Waals surface area (Å²) in [6.45, 7) is 2.74. The number of nitrogens with one attached hydrogen (secondary N) is 2. The molecule has 2 aliphatic rings. The Balaban J connectivity index is 1.42. The number of aromatic nitrogens is 1. The van der Waals surface area contributed by atoms with Gasteiger partial charge in [-0.3, -0.25) is 4.79 Å². The molecule has 2 atom stereocenters. The van der Waals surface area contributed by atoms with E-state index in [-0.39, 0.29) is 11.9 Å². The fourth-order valence-corrected chi connectivity index (χ4v) is 5.07. The highest BCUT2D eigenvalue weighted by atomic mass is 79.9. The zero-order valence-electron chi connectivity index (χ0n) is 16.1. The van der Waals surface area contributed by atoms with E-state index in [9.17, 15) is 14.7 Å². The maximum Gasteiger partial charge on any atom is 0.329 e. The summed E-state index contributed by atoms with van der Waals surface area (Å²) in [5, 5.41) is 14.3. The van der Waals surface area contributed by atoms with Crippen LogP contribution in [0.3, 0.4) is 0 Å². The van der Waals surface area contributed by atoms with Crippen molar-refractivity contribution in [3.05, 3.63) is 33.9 Å². The average Bonchev–Trinajstić information content (AvgIpc) is 3.23. The average molecular weight is 448 g/mol. The monoisotopic (exact) mass is 447 g/mol. The lowest BCUT2D eigenvalue weighted by Crippen LogP contribution is -2.51. The second-order valence-corrected chi connectivity index (χ2v) is 9.00. The molecule has 0 saturated carbocycles. The number of rotatable bonds is 5. The van der Waals surface area contributed by atoms with Crippen molar-refractivity contribution >= 4 is 38.7 Å². The minimum absolute atomic E-state index is 0.0773. The third-order valence-electron chi connectivity index (χ3n) is 6.30. The number of hydrogen-bond donors (Lipinski definition) is 3. The summed E-state index contributed by atoms with van der Waals surface area (Å²) in [7, 11) is 0. The van der Waals surface area contributed by atoms with E-state index in [0.717, 1.165) is 35.7 Å². The molecule has 0 bridgehead atoms. The van der Waals surface area contributed by atoms with Gasteiger partial charge in [-0.2, -0.15) is 0 Å². The minimum atomic E-state index is -1.06. The van der Waals surface area contributed by atoms with Gasteiger partial charge in [-0.25, -0.2) is 4.79 Å². The summed E-state index contributed by atoms with van der Waals surface area (Å²) in [4.78, 5) is 29.3. The number of amides is 1. The molecule has 1 aromatic heterocycles. The minimum Gasteiger partial charge on any atom is -0.480 e. The molecule has 2 aromatic rings. The molecule has 0 radical (unpaired) electrons. The first-order chi connectivity index (χ1) is 13.4. The Bertz CT molecular complexity index is 925. The predicted octanol–water partition coefficient (Wildman–Crippen LogP) is 3.75. The van der Waals surface area contributed by atoms with Crippen molar-refractivity contribution in [1.82, 2.24) is 15.2 Å². The number of H-pyrrole nitrogens is 1. The van der Waals surface area contributed by atoms with Crippen LogP contribution in [0.25, 0.3) is 10.9 Å². The van der Waals surface area contributed by atoms with Gasteiger partial charge < -0.3 is 20.3 Å². The zero-order chi connectivity index (χ0) is 19.9. The second-order valence-electron chi connectivity index (χ2n) is 8.08. The van der Waals surface area contributed by atoms with Gasteiger partial charge in [0, 0.05) is 46.6 Å². The van der Waals surface area contributed by atoms with E-state index >= 15 is 0 Å². The molecule has 2 heterocycles. The number of fused-ring (bicyclic) bond motifs is 3. The SMILES string of the molecule is C[C@@]1(C(=O)O)CCCN1C(=O)CCNC1CCCc2c1[nH]c1ccc(Br)cc21. The van der Waals surface area contributed by atoms with Crippen LogP contribution in [0.5, 0.6) is 0 Å². The first kappa shape index (κ1) is 19.5. The van der Waals surface area contributed by atoms with Gasteiger partial charge in [0.25, 0.3) is 0 Å². The number of aromatic amines is 1. The Morgan fingerprint density at radius 2 is 2.21 bits per heavy atom. The van der Waals surface area contributed by atoms with Crippen LogP contribution in [0.2, 0.25) is 0 Å². The van der Waals surface area contributed by atoms with Gasteiger partial charge in [-0.1, -0.05) is 15.9 Å². The second kappa shape index (κ2) is 7.52. The fourth-order valence-electron chi connectivity index (χ4n) is 4.71. The maximum absolute atomic E-state index is 12.6. The number of halogens is 1. The summed E-state index contributed by atoms with van der Waals surface area (Å²) in [5.74, 6) is -0.987. The molecule has 4 rings (SSSR count). The van der Waals surface area contributed by atoms with Crippen molar-refractivity contribution in [3.8, 4) is 0 Å². The van der Waals surface area contributed by atoms with Gasteiger partial charge in [-0.05, 0) is 62.8 Å². The van der Waals surface area contributed by atoms with Crippen LogP contribution in [0.15, 0.2) is 22.7 Å². The van der Waals surface area contributed by atoms with Crippen molar-refractivity contribution in [2.45, 2.75) is 57.0 Å². The van der Waals surface area contributed by atoms with Crippen LogP contribution >= 0.6 is 15.9 Å². The molecule has 7 heteroatoms. The summed E-state index contributed by atoms with van der Waals surface area (Å²) in [5.41, 5.74) is 2.68. The summed E-state index contributed by atoms with van der Waals surface area (Å²) >= 11 is 3.56. The van der Waals surface area contributed by atoms with Gasteiger partial charge in [0.1, 0.15) is 5.54 Å². The van der Waals surface area contributed by atoms with E-state index in [0.29, 0.717) is 25.9 Å². The van der Waals surface area contributed by atoms with E-state index in [1.807, 2.05) is 6.07 Å². The molecule has 150 valence electrons. The highest BCUT2D eigenvalue weighted by Crippen LogP contribution is 2.36. The smallest absolute Gasteiger partial charge is 0.329 e. The van der Waals surface area contributed by atoms with Crippen LogP contribution in [0.1, 0.15) is 56.3 Å². The van der Waals surface area contributed by atoms with Crippen LogP contribution < -0.4 is 5.32 Å². The fraction of sp³-hybridized carbons (Fsp3) is 0.524. The molecule has 3 N–H and O–H groups in total. The van der Waals surface area contributed by atoms with Crippen LogP contribution in [0.4, 0.5) is 0 Å². The van der Waals surface area contributed by atoms with Crippen molar-refractivity contribution in [2.24, 2.45) is 0 Å². The summed E-state index contributed by atoms with van der Waals surface area (Å²) in [6, 6.07) is 6.50. The highest BCUT2D eigenvalue weighted by Gasteiger charge is 2.45. The Hall–Kier alpha value is -1.86. The van der Waals surface area contributed by atoms with Gasteiger partial charge in [0.2, 0.25) is 5.91 Å². The molecule has 1 fully saturated rings. The molecule has 0 spiro atoms. The lowest BCUT2D eigenvalue weighted by atomic mass is 9.91. The van der Waals surface area contributed by atoms with Gasteiger partial charge in [0.05, 0.1) is 0 Å². The number of carboxylic acids is 1. The molecule has 1 amide bonds. The molecular weight excluding hydrogens is 422 g/mol. The largest absolute Gasteiger partial charge is 0.480 e. The maximum atomic E-state index is 12.6. The number of carbonyl (C=O) groups excluding carboxylic acids is 1. The third-order valence-corrected chi connectivity index (χ3v) is 6.79. The Morgan fingerprint density at radius 1 is 1.39 bits per heavy atom. The Kier molecular flexibility index (Phi) is 5.22. The number of nitrogens with zero attached hydrogens (tertiary/aromatic N) is 1. The first-order valence-electron chi connectivity index (χ1n) is 9.97. The highest BCUT2D eigenvalue weighted by molar-refractivity contribution is 9.10. The normalized spacial score (nSPS) is 24.5. The molecule has 1 aliphatic heterocycles. The number of benzene rings is 1. The van der Waals surface area contributed by atoms with E-state index in [1.54, 1.807) is 11.8 Å². The van der Waals surface area contributed by atoms with Crippen molar-refractivity contribution in [2.75, 3.05) is 13.1 Å². The number of carbonyl (C=O) groups is 2. The lowest BCUT2D eigenvalue weighted by Gasteiger charge is -2.31. The van der Waals surface area contributed by atoms with E-state index in [1.165, 1.54) is 16.6 Å². The molecule has 28 heavy (non-hydrogen) atoms. The van der Waals surface area contributed by atoms with Crippen molar-refractivity contribution < 1.29 is 14.7 Å². The topological polar surface area (TPSA) is 85.4 Å². The lowest BCUT2D eigenvalue weighted by molar-refractivity contribution is -0.155. The quantitative estimate of drug-likeness (QED) is 0.651. The van der Waals surface area contributed by atoms with Gasteiger partial charge >= 0.3 is 5.97 Å². The number of aryl methyl sites for hydroxylation is 1. The van der Waals surface area contributed by atoms with Crippen molar-refractivity contribution in [1.29, 1.82) is 0 Å². The number of likely N-dealkylation sites (tertiary alicyclic amines) is 1. The molecule has 1 saturated heterocycles. The zero-order valence-corrected chi connectivity index (χ0v) is 17.6. The predicted molar refractivity (Wildman–Crippen MR) is 111 cm³/mol. The number of aliphatic carboxylic acids is 1. The molecule has 1 unspecified atom stereocenters. The molecular formula is C21H26BrN3O3. The standard InChI is InChI=1S/C21H26BrN3O3/c1-21(20(27)28)9-3-11-25(21)18(26)8-10-23-17-5-2-4-14-15-12-13(22)6-7-16(15)24-19(14)17/h6-7,12,17,23-24H,2-5,8-11H2,1H3,(H,27,28)/t17?,21-/m0/s1. The summed E-state index contributed by atoms with van der Waals surface area (Å²) < 4.78 is 1.08. The number of hydrogen-bond acceptors (Lipinski definition) is 3. The van der Waals surface area contributed by atoms with Crippen LogP contribution in [0, 0.1) is 0 Å². The van der Waals surface area contributed by atoms with Crippen molar-refractivity contribution in [3.63, 3.8) is 0 Å². The van der Waals surface area contributed by atoms with Crippen LogP contribution in [-0.4, -0.2) is 45.5 Å². The van der Waals surface area contributed by atoms with Crippen LogP contribution in [-0.2, 0) is 16.0 Å². The van der Waals surface area contributed by atoms with Gasteiger partial charge in [0.15, 0.2) is 0 Å². The molecule has 6 nitrogen and oxygen atoms in total. The first-order valence-corrected chi connectivity index (χ1v) is 10.8. The van der Waals surface area contributed by atoms with Gasteiger partial charge in [-0.15, -0.1) is 0 Å².